The van der Waals surface area contributed by atoms with E-state index in [1.165, 1.54) is 0 Å². The normalized spacial score (nSPS) is 12.1. The van der Waals surface area contributed by atoms with Crippen LogP contribution >= 0.6 is 0 Å². The minimum atomic E-state index is -0.246. The molecule has 24 heavy (non-hydrogen) atoms. The number of carbonyl (C=O) groups excluding carboxylic acids is 1. The van der Waals surface area contributed by atoms with Crippen LogP contribution in [0.2, 0.25) is 0 Å². The lowest BCUT2D eigenvalue weighted by molar-refractivity contribution is -0.121. The summed E-state index contributed by atoms with van der Waals surface area (Å²) in [5.74, 6) is 1.36. The molecule has 7 nitrogen and oxygen atoms in total. The third-order valence-corrected chi connectivity index (χ3v) is 2.82. The Morgan fingerprint density at radius 3 is 2.75 bits per heavy atom. The molecule has 0 saturated carbocycles. The molecule has 0 aliphatic rings. The molecule has 136 valence electrons. The van der Waals surface area contributed by atoms with Gasteiger partial charge in [0, 0.05) is 25.2 Å². The van der Waals surface area contributed by atoms with Gasteiger partial charge < -0.3 is 25.1 Å². The number of carbonyl (C=O) groups is 1. The first-order valence-corrected chi connectivity index (χ1v) is 8.34. The second-order valence-electron chi connectivity index (χ2n) is 6.41. The monoisotopic (exact) mass is 338 g/mol. The lowest BCUT2D eigenvalue weighted by Gasteiger charge is -2.20. The van der Waals surface area contributed by atoms with E-state index in [1.807, 2.05) is 39.8 Å². The van der Waals surface area contributed by atoms with Crippen LogP contribution in [0.15, 0.2) is 27.8 Å². The maximum absolute atomic E-state index is 11.8. The van der Waals surface area contributed by atoms with E-state index in [2.05, 4.69) is 20.9 Å². The first-order chi connectivity index (χ1) is 11.4. The number of nitrogens with zero attached hydrogens (tertiary/aromatic N) is 1. The Morgan fingerprint density at radius 2 is 2.12 bits per heavy atom. The summed E-state index contributed by atoms with van der Waals surface area (Å²) in [5.41, 5.74) is -0.246. The standard InChI is InChI=1S/C17H30N4O3/c1-5-18-16(20-12-15(22)21-17(2,3)4)19-9-7-10-23-13-14-8-6-11-24-14/h6,8,11H,5,7,9-10,12-13H2,1-4H3,(H,21,22)(H2,18,19,20). The van der Waals surface area contributed by atoms with Crippen molar-refractivity contribution in [2.75, 3.05) is 26.2 Å². The van der Waals surface area contributed by atoms with Gasteiger partial charge in [-0.3, -0.25) is 4.79 Å². The summed E-state index contributed by atoms with van der Waals surface area (Å²) in [4.78, 5) is 16.1. The lowest BCUT2D eigenvalue weighted by Crippen LogP contribution is -2.43. The summed E-state index contributed by atoms with van der Waals surface area (Å²) in [7, 11) is 0. The van der Waals surface area contributed by atoms with Gasteiger partial charge in [0.2, 0.25) is 5.91 Å². The van der Waals surface area contributed by atoms with Crippen molar-refractivity contribution in [3.05, 3.63) is 24.2 Å². The molecule has 0 aliphatic heterocycles. The summed E-state index contributed by atoms with van der Waals surface area (Å²) in [5, 5.41) is 9.19. The van der Waals surface area contributed by atoms with Gasteiger partial charge in [-0.1, -0.05) is 0 Å². The number of aliphatic imine (C=N–C) groups is 1. The Bertz CT molecular complexity index is 492. The smallest absolute Gasteiger partial charge is 0.242 e. The van der Waals surface area contributed by atoms with E-state index in [4.69, 9.17) is 9.15 Å². The maximum atomic E-state index is 11.8. The van der Waals surface area contributed by atoms with Crippen LogP contribution in [0.1, 0.15) is 39.9 Å². The van der Waals surface area contributed by atoms with Crippen LogP contribution in [0.4, 0.5) is 0 Å². The van der Waals surface area contributed by atoms with Gasteiger partial charge in [0.25, 0.3) is 0 Å². The number of hydrogen-bond acceptors (Lipinski definition) is 4. The highest BCUT2D eigenvalue weighted by molar-refractivity contribution is 5.85. The van der Waals surface area contributed by atoms with Crippen LogP contribution < -0.4 is 16.0 Å². The zero-order valence-corrected chi connectivity index (χ0v) is 15.1. The highest BCUT2D eigenvalue weighted by atomic mass is 16.5. The number of hydrogen-bond donors (Lipinski definition) is 3. The topological polar surface area (TPSA) is 87.9 Å². The average Bonchev–Trinajstić information content (AvgIpc) is 2.99. The van der Waals surface area contributed by atoms with Crippen LogP contribution in [0.3, 0.4) is 0 Å². The molecule has 0 unspecified atom stereocenters. The molecular formula is C17H30N4O3. The van der Waals surface area contributed by atoms with E-state index in [0.717, 1.165) is 18.7 Å². The molecular weight excluding hydrogens is 308 g/mol. The van der Waals surface area contributed by atoms with Crippen molar-refractivity contribution in [2.24, 2.45) is 4.99 Å². The number of rotatable bonds is 9. The average molecular weight is 338 g/mol. The first-order valence-electron chi connectivity index (χ1n) is 8.34. The van der Waals surface area contributed by atoms with E-state index >= 15 is 0 Å². The van der Waals surface area contributed by atoms with E-state index in [9.17, 15) is 4.79 Å². The van der Waals surface area contributed by atoms with Gasteiger partial charge in [-0.05, 0) is 46.2 Å². The van der Waals surface area contributed by atoms with Crippen LogP contribution in [0.25, 0.3) is 0 Å². The maximum Gasteiger partial charge on any atom is 0.242 e. The molecule has 1 rings (SSSR count). The summed E-state index contributed by atoms with van der Waals surface area (Å²) in [6, 6.07) is 3.73. The molecule has 0 spiro atoms. The van der Waals surface area contributed by atoms with Gasteiger partial charge >= 0.3 is 0 Å². The molecule has 0 bridgehead atoms. The first kappa shape index (κ1) is 20.0. The van der Waals surface area contributed by atoms with Crippen LogP contribution in [0.5, 0.6) is 0 Å². The molecule has 0 aliphatic carbocycles. The van der Waals surface area contributed by atoms with Crippen molar-refractivity contribution in [1.29, 1.82) is 0 Å². The van der Waals surface area contributed by atoms with Crippen LogP contribution in [0, 0.1) is 0 Å². The third kappa shape index (κ3) is 9.89. The van der Waals surface area contributed by atoms with Crippen molar-refractivity contribution in [1.82, 2.24) is 16.0 Å². The van der Waals surface area contributed by atoms with Crippen LogP contribution in [-0.4, -0.2) is 43.6 Å². The van der Waals surface area contributed by atoms with Crippen molar-refractivity contribution >= 4 is 11.9 Å². The van der Waals surface area contributed by atoms with Gasteiger partial charge in [-0.25, -0.2) is 4.99 Å². The summed E-state index contributed by atoms with van der Waals surface area (Å²) >= 11 is 0. The third-order valence-electron chi connectivity index (χ3n) is 2.82. The molecule has 1 aromatic rings. The second kappa shape index (κ2) is 10.7. The molecule has 1 amide bonds. The van der Waals surface area contributed by atoms with Gasteiger partial charge in [0.1, 0.15) is 18.9 Å². The van der Waals surface area contributed by atoms with Crippen molar-refractivity contribution in [3.8, 4) is 0 Å². The highest BCUT2D eigenvalue weighted by Gasteiger charge is 2.13. The summed E-state index contributed by atoms with van der Waals surface area (Å²) in [6.45, 7) is 10.5. The fourth-order valence-electron chi connectivity index (χ4n) is 1.90. The minimum absolute atomic E-state index is 0.0958. The van der Waals surface area contributed by atoms with Gasteiger partial charge in [0.15, 0.2) is 5.96 Å². The fraction of sp³-hybridized carbons (Fsp3) is 0.647. The number of guanidine groups is 1. The quantitative estimate of drug-likeness (QED) is 0.362. The fourth-order valence-corrected chi connectivity index (χ4v) is 1.90. The molecule has 1 heterocycles. The molecule has 0 radical (unpaired) electrons. The Morgan fingerprint density at radius 1 is 1.33 bits per heavy atom. The van der Waals surface area contributed by atoms with Crippen molar-refractivity contribution in [3.63, 3.8) is 0 Å². The highest BCUT2D eigenvalue weighted by Crippen LogP contribution is 2.01. The predicted molar refractivity (Wildman–Crippen MR) is 94.9 cm³/mol. The Balaban J connectivity index is 2.21. The molecule has 0 saturated heterocycles. The Kier molecular flexibility index (Phi) is 8.93. The molecule has 7 heteroatoms. The molecule has 0 fully saturated rings. The summed E-state index contributed by atoms with van der Waals surface area (Å²) < 4.78 is 10.7. The van der Waals surface area contributed by atoms with Gasteiger partial charge in [-0.2, -0.15) is 0 Å². The Labute approximate surface area is 144 Å². The number of amides is 1. The summed E-state index contributed by atoms with van der Waals surface area (Å²) in [6.07, 6.45) is 2.47. The van der Waals surface area contributed by atoms with E-state index in [1.54, 1.807) is 6.26 Å². The van der Waals surface area contributed by atoms with E-state index in [0.29, 0.717) is 25.7 Å². The largest absolute Gasteiger partial charge is 0.467 e. The van der Waals surface area contributed by atoms with Crippen molar-refractivity contribution in [2.45, 2.75) is 46.3 Å². The van der Waals surface area contributed by atoms with Gasteiger partial charge in [-0.15, -0.1) is 0 Å². The second-order valence-corrected chi connectivity index (χ2v) is 6.41. The number of furan rings is 1. The Hall–Kier alpha value is -2.02. The SMILES string of the molecule is CCNC(=NCC(=O)NC(C)(C)C)NCCCOCc1ccco1. The minimum Gasteiger partial charge on any atom is -0.467 e. The zero-order chi connectivity index (χ0) is 17.8. The lowest BCUT2D eigenvalue weighted by atomic mass is 10.1. The number of ether oxygens (including phenoxy) is 1. The van der Waals surface area contributed by atoms with Crippen LogP contribution in [-0.2, 0) is 16.1 Å². The van der Waals surface area contributed by atoms with Gasteiger partial charge in [0.05, 0.1) is 6.26 Å². The van der Waals surface area contributed by atoms with E-state index in [-0.39, 0.29) is 18.0 Å². The van der Waals surface area contributed by atoms with Crippen molar-refractivity contribution < 1.29 is 13.9 Å². The zero-order valence-electron chi connectivity index (χ0n) is 15.1. The molecule has 0 atom stereocenters. The molecule has 1 aromatic heterocycles. The molecule has 0 aromatic carbocycles. The predicted octanol–water partition coefficient (Wildman–Crippen LogP) is 1.66. The number of nitrogens with one attached hydrogen (secondary N) is 3. The van der Waals surface area contributed by atoms with E-state index < -0.39 is 0 Å². The molecule has 3 N–H and O–H groups in total.